The van der Waals surface area contributed by atoms with Crippen LogP contribution in [0.1, 0.15) is 44.6 Å². The monoisotopic (exact) mass is 372 g/mol. The van der Waals surface area contributed by atoms with Crippen LogP contribution >= 0.6 is 0 Å². The lowest BCUT2D eigenvalue weighted by molar-refractivity contribution is -0.390. The molecule has 10 heteroatoms. The van der Waals surface area contributed by atoms with Crippen LogP contribution in [-0.2, 0) is 12.0 Å². The van der Waals surface area contributed by atoms with Crippen LogP contribution < -0.4 is 0 Å². The summed E-state index contributed by atoms with van der Waals surface area (Å²) in [5.41, 5.74) is -1.84. The molecule has 0 aliphatic heterocycles. The van der Waals surface area contributed by atoms with Gasteiger partial charge in [0, 0.05) is 24.7 Å². The molecule has 0 aliphatic rings. The molecule has 2 aromatic rings. The normalized spacial score (nSPS) is 12.9. The fourth-order valence-corrected chi connectivity index (χ4v) is 3.10. The van der Waals surface area contributed by atoms with Gasteiger partial charge in [0.15, 0.2) is 0 Å². The number of nitrogens with zero attached hydrogens (tertiary/aromatic N) is 6. The maximum atomic E-state index is 11.5. The Labute approximate surface area is 155 Å². The molecule has 142 valence electrons. The Morgan fingerprint density at radius 1 is 1.15 bits per heavy atom. The SMILES string of the molecule is CCCCCCC(C#N)(Cn1cnnc1)c1cc([N+](=O)[O-])ccc1[N+](=O)[O-]. The third kappa shape index (κ3) is 4.63. The van der Waals surface area contributed by atoms with E-state index >= 15 is 0 Å². The summed E-state index contributed by atoms with van der Waals surface area (Å²) < 4.78 is 1.56. The molecule has 0 bridgehead atoms. The van der Waals surface area contributed by atoms with Gasteiger partial charge in [-0.3, -0.25) is 20.2 Å². The van der Waals surface area contributed by atoms with Crippen molar-refractivity contribution in [3.63, 3.8) is 0 Å². The summed E-state index contributed by atoms with van der Waals surface area (Å²) in [7, 11) is 0. The molecule has 0 aliphatic carbocycles. The van der Waals surface area contributed by atoms with E-state index in [0.717, 1.165) is 37.5 Å². The highest BCUT2D eigenvalue weighted by Gasteiger charge is 2.39. The summed E-state index contributed by atoms with van der Waals surface area (Å²) in [6, 6.07) is 5.53. The quantitative estimate of drug-likeness (QED) is 0.353. The molecular weight excluding hydrogens is 352 g/mol. The van der Waals surface area contributed by atoms with Crippen molar-refractivity contribution in [3.05, 3.63) is 56.6 Å². The molecule has 1 aromatic carbocycles. The molecule has 10 nitrogen and oxygen atoms in total. The number of benzene rings is 1. The minimum Gasteiger partial charge on any atom is -0.318 e. The first kappa shape index (κ1) is 20.0. The molecule has 0 N–H and O–H groups in total. The molecule has 1 heterocycles. The van der Waals surface area contributed by atoms with Crippen LogP contribution in [0.2, 0.25) is 0 Å². The van der Waals surface area contributed by atoms with Gasteiger partial charge in [-0.1, -0.05) is 32.6 Å². The van der Waals surface area contributed by atoms with Gasteiger partial charge in [-0.2, -0.15) is 5.26 Å². The van der Waals surface area contributed by atoms with Crippen molar-refractivity contribution >= 4 is 11.4 Å². The molecule has 0 saturated carbocycles. The van der Waals surface area contributed by atoms with Crippen molar-refractivity contribution in [3.8, 4) is 6.07 Å². The van der Waals surface area contributed by atoms with Crippen molar-refractivity contribution in [2.75, 3.05) is 0 Å². The maximum absolute atomic E-state index is 11.5. The standard InChI is InChI=1S/C17H20N6O4/c1-2-3-4-5-8-17(10-18,11-21-12-19-20-13-21)15-9-14(22(24)25)6-7-16(15)23(26)27/h6-7,9,12-13H,2-5,8,11H2,1H3. The Morgan fingerprint density at radius 3 is 2.41 bits per heavy atom. The van der Waals surface area contributed by atoms with Crippen LogP contribution in [0.3, 0.4) is 0 Å². The van der Waals surface area contributed by atoms with Gasteiger partial charge in [-0.05, 0) is 6.42 Å². The lowest BCUT2D eigenvalue weighted by atomic mass is 9.76. The van der Waals surface area contributed by atoms with Crippen LogP contribution in [-0.4, -0.2) is 24.6 Å². The summed E-state index contributed by atoms with van der Waals surface area (Å²) in [4.78, 5) is 21.5. The highest BCUT2D eigenvalue weighted by atomic mass is 16.6. The summed E-state index contributed by atoms with van der Waals surface area (Å²) in [6.45, 7) is 2.13. The third-order valence-electron chi connectivity index (χ3n) is 4.49. The molecule has 2 rings (SSSR count). The summed E-state index contributed by atoms with van der Waals surface area (Å²) in [6.07, 6.45) is 6.69. The van der Waals surface area contributed by atoms with Crippen molar-refractivity contribution < 1.29 is 9.85 Å². The van der Waals surface area contributed by atoms with Crippen LogP contribution in [0, 0.1) is 31.6 Å². The molecule has 0 saturated heterocycles. The Bertz CT molecular complexity index is 846. The first-order chi connectivity index (χ1) is 12.9. The molecule has 0 spiro atoms. The van der Waals surface area contributed by atoms with Gasteiger partial charge in [0.25, 0.3) is 11.4 Å². The zero-order valence-corrected chi connectivity index (χ0v) is 14.9. The first-order valence-electron chi connectivity index (χ1n) is 8.60. The zero-order chi connectivity index (χ0) is 19.9. The summed E-state index contributed by atoms with van der Waals surface area (Å²) in [5.74, 6) is 0. The van der Waals surface area contributed by atoms with E-state index in [1.165, 1.54) is 12.7 Å². The number of unbranched alkanes of at least 4 members (excludes halogenated alkanes) is 3. The Kier molecular flexibility index (Phi) is 6.54. The average Bonchev–Trinajstić information content (AvgIpc) is 3.16. The molecule has 1 unspecified atom stereocenters. The van der Waals surface area contributed by atoms with Crippen molar-refractivity contribution in [2.45, 2.75) is 51.0 Å². The number of hydrogen-bond donors (Lipinski definition) is 0. The number of nitro groups is 2. The van der Waals surface area contributed by atoms with Gasteiger partial charge in [-0.25, -0.2) is 0 Å². The molecular formula is C17H20N6O4. The fourth-order valence-electron chi connectivity index (χ4n) is 3.10. The third-order valence-corrected chi connectivity index (χ3v) is 4.49. The first-order valence-corrected chi connectivity index (χ1v) is 8.60. The topological polar surface area (TPSA) is 141 Å². The number of nitriles is 1. The predicted molar refractivity (Wildman–Crippen MR) is 95.8 cm³/mol. The molecule has 0 amide bonds. The van der Waals surface area contributed by atoms with E-state index in [4.69, 9.17) is 0 Å². The van der Waals surface area contributed by atoms with Crippen molar-refractivity contribution in [2.24, 2.45) is 0 Å². The lowest BCUT2D eigenvalue weighted by Gasteiger charge is -2.27. The fraction of sp³-hybridized carbons (Fsp3) is 0.471. The van der Waals surface area contributed by atoms with Crippen LogP contribution in [0.25, 0.3) is 0 Å². The van der Waals surface area contributed by atoms with E-state index in [2.05, 4.69) is 23.2 Å². The van der Waals surface area contributed by atoms with Crippen LogP contribution in [0.4, 0.5) is 11.4 Å². The van der Waals surface area contributed by atoms with Crippen molar-refractivity contribution in [1.29, 1.82) is 5.26 Å². The van der Waals surface area contributed by atoms with Gasteiger partial charge < -0.3 is 4.57 Å². The second-order valence-electron chi connectivity index (χ2n) is 6.35. The molecule has 27 heavy (non-hydrogen) atoms. The van der Waals surface area contributed by atoms with E-state index in [-0.39, 0.29) is 23.5 Å². The highest BCUT2D eigenvalue weighted by molar-refractivity contribution is 5.54. The van der Waals surface area contributed by atoms with E-state index in [0.29, 0.717) is 12.8 Å². The van der Waals surface area contributed by atoms with Crippen LogP contribution in [0.15, 0.2) is 30.9 Å². The minimum absolute atomic E-state index is 0.0504. The summed E-state index contributed by atoms with van der Waals surface area (Å²) in [5, 5.41) is 40.2. The Balaban J connectivity index is 2.56. The van der Waals surface area contributed by atoms with Gasteiger partial charge in [0.2, 0.25) is 0 Å². The largest absolute Gasteiger partial charge is 0.318 e. The highest BCUT2D eigenvalue weighted by Crippen LogP contribution is 2.39. The van der Waals surface area contributed by atoms with Crippen molar-refractivity contribution in [1.82, 2.24) is 14.8 Å². The number of rotatable bonds is 10. The van der Waals surface area contributed by atoms with Gasteiger partial charge in [0.1, 0.15) is 18.1 Å². The maximum Gasteiger partial charge on any atom is 0.274 e. The minimum atomic E-state index is -1.30. The average molecular weight is 372 g/mol. The number of non-ortho nitro benzene ring substituents is 1. The van der Waals surface area contributed by atoms with E-state index in [1.807, 2.05) is 0 Å². The molecule has 1 atom stereocenters. The zero-order valence-electron chi connectivity index (χ0n) is 14.9. The van der Waals surface area contributed by atoms with E-state index in [1.54, 1.807) is 4.57 Å². The lowest BCUT2D eigenvalue weighted by Crippen LogP contribution is -2.31. The number of hydrogen-bond acceptors (Lipinski definition) is 7. The number of nitro benzene ring substituents is 2. The van der Waals surface area contributed by atoms with Crippen LogP contribution in [0.5, 0.6) is 0 Å². The summed E-state index contributed by atoms with van der Waals surface area (Å²) >= 11 is 0. The predicted octanol–water partition coefficient (Wildman–Crippen LogP) is 3.53. The smallest absolute Gasteiger partial charge is 0.274 e. The molecule has 1 aromatic heterocycles. The second-order valence-corrected chi connectivity index (χ2v) is 6.35. The Hall–Kier alpha value is -3.35. The molecule has 0 fully saturated rings. The Morgan fingerprint density at radius 2 is 1.85 bits per heavy atom. The molecule has 0 radical (unpaired) electrons. The van der Waals surface area contributed by atoms with E-state index < -0.39 is 15.3 Å². The van der Waals surface area contributed by atoms with Gasteiger partial charge in [0.05, 0.1) is 21.5 Å². The second kappa shape index (κ2) is 8.84. The van der Waals surface area contributed by atoms with Gasteiger partial charge >= 0.3 is 0 Å². The number of aromatic nitrogens is 3. The van der Waals surface area contributed by atoms with Gasteiger partial charge in [-0.15, -0.1) is 10.2 Å². The van der Waals surface area contributed by atoms with E-state index in [9.17, 15) is 25.5 Å².